The first-order valence-corrected chi connectivity index (χ1v) is 7.10. The molecule has 2 saturated heterocycles. The maximum Gasteiger partial charge on any atom is 0.237 e. The maximum absolute atomic E-state index is 11.8. The Morgan fingerprint density at radius 3 is 3.00 bits per heavy atom. The summed E-state index contributed by atoms with van der Waals surface area (Å²) >= 11 is 0. The van der Waals surface area contributed by atoms with Crippen molar-refractivity contribution in [1.29, 1.82) is 0 Å². The molecule has 3 N–H and O–H groups in total. The van der Waals surface area contributed by atoms with E-state index in [-0.39, 0.29) is 18.1 Å². The lowest BCUT2D eigenvalue weighted by molar-refractivity contribution is -0.123. The van der Waals surface area contributed by atoms with Crippen LogP contribution in [-0.4, -0.2) is 60.3 Å². The lowest BCUT2D eigenvalue weighted by Crippen LogP contribution is -2.46. The third kappa shape index (κ3) is 3.67. The molecule has 0 unspecified atom stereocenters. The molecule has 3 atom stereocenters. The minimum atomic E-state index is -0.372. The second-order valence-corrected chi connectivity index (χ2v) is 5.52. The van der Waals surface area contributed by atoms with Crippen LogP contribution in [0.4, 0.5) is 0 Å². The standard InChI is InChI=1S/C13H25N3O2/c1-10-4-2-3-6-16(10)7-5-14-13(18)12-8-11(17)9-15-12/h10-12,15,17H,2-9H2,1H3,(H,14,18)/t10-,11-,12-/m1/s1. The van der Waals surface area contributed by atoms with Crippen molar-refractivity contribution in [2.24, 2.45) is 0 Å². The molecule has 5 nitrogen and oxygen atoms in total. The summed E-state index contributed by atoms with van der Waals surface area (Å²) in [6.07, 6.45) is 4.03. The molecule has 2 rings (SSSR count). The Morgan fingerprint density at radius 2 is 2.33 bits per heavy atom. The van der Waals surface area contributed by atoms with Crippen LogP contribution in [-0.2, 0) is 4.79 Å². The Hall–Kier alpha value is -0.650. The van der Waals surface area contributed by atoms with Crippen molar-refractivity contribution >= 4 is 5.91 Å². The van der Waals surface area contributed by atoms with Gasteiger partial charge >= 0.3 is 0 Å². The van der Waals surface area contributed by atoms with Gasteiger partial charge in [-0.05, 0) is 32.7 Å². The SMILES string of the molecule is C[C@@H]1CCCCN1CCNC(=O)[C@H]1C[C@@H](O)CN1. The summed E-state index contributed by atoms with van der Waals surface area (Å²) in [6.45, 7) is 5.58. The van der Waals surface area contributed by atoms with E-state index in [2.05, 4.69) is 22.5 Å². The molecule has 0 bridgehead atoms. The van der Waals surface area contributed by atoms with Crippen LogP contribution in [0.1, 0.15) is 32.6 Å². The predicted molar refractivity (Wildman–Crippen MR) is 70.3 cm³/mol. The van der Waals surface area contributed by atoms with Crippen molar-refractivity contribution in [3.8, 4) is 0 Å². The van der Waals surface area contributed by atoms with E-state index in [4.69, 9.17) is 0 Å². The summed E-state index contributed by atoms with van der Waals surface area (Å²) in [5.41, 5.74) is 0. The first-order valence-electron chi connectivity index (χ1n) is 7.10. The molecule has 0 spiro atoms. The van der Waals surface area contributed by atoms with Gasteiger partial charge < -0.3 is 15.7 Å². The fraction of sp³-hybridized carbons (Fsp3) is 0.923. The van der Waals surface area contributed by atoms with Gasteiger partial charge in [-0.2, -0.15) is 0 Å². The molecule has 0 saturated carbocycles. The molecule has 18 heavy (non-hydrogen) atoms. The van der Waals surface area contributed by atoms with Gasteiger partial charge in [0.2, 0.25) is 5.91 Å². The van der Waals surface area contributed by atoms with Crippen LogP contribution in [0.2, 0.25) is 0 Å². The Kier molecular flexibility index (Phi) is 4.97. The number of hydrogen-bond acceptors (Lipinski definition) is 4. The molecule has 104 valence electrons. The van der Waals surface area contributed by atoms with Gasteiger partial charge in [-0.1, -0.05) is 6.42 Å². The van der Waals surface area contributed by atoms with Crippen LogP contribution < -0.4 is 10.6 Å². The topological polar surface area (TPSA) is 64.6 Å². The number of aliphatic hydroxyl groups excluding tert-OH is 1. The summed E-state index contributed by atoms with van der Waals surface area (Å²) in [4.78, 5) is 14.3. The van der Waals surface area contributed by atoms with Gasteiger partial charge in [-0.25, -0.2) is 0 Å². The maximum atomic E-state index is 11.8. The highest BCUT2D eigenvalue weighted by atomic mass is 16.3. The number of amides is 1. The van der Waals surface area contributed by atoms with Crippen molar-refractivity contribution in [1.82, 2.24) is 15.5 Å². The lowest BCUT2D eigenvalue weighted by atomic mass is 10.0. The van der Waals surface area contributed by atoms with E-state index in [9.17, 15) is 9.90 Å². The van der Waals surface area contributed by atoms with Crippen LogP contribution in [0.15, 0.2) is 0 Å². The number of likely N-dealkylation sites (tertiary alicyclic amines) is 1. The number of carbonyl (C=O) groups is 1. The number of nitrogens with zero attached hydrogens (tertiary/aromatic N) is 1. The summed E-state index contributed by atoms with van der Waals surface area (Å²) in [6, 6.07) is 0.431. The highest BCUT2D eigenvalue weighted by Gasteiger charge is 2.27. The van der Waals surface area contributed by atoms with E-state index >= 15 is 0 Å². The molecule has 0 radical (unpaired) electrons. The number of nitrogens with one attached hydrogen (secondary N) is 2. The number of carbonyl (C=O) groups excluding carboxylic acids is 1. The smallest absolute Gasteiger partial charge is 0.237 e. The molecule has 0 aromatic carbocycles. The van der Waals surface area contributed by atoms with Gasteiger partial charge in [-0.15, -0.1) is 0 Å². The zero-order valence-corrected chi connectivity index (χ0v) is 11.2. The van der Waals surface area contributed by atoms with Gasteiger partial charge in [-0.3, -0.25) is 9.69 Å². The first-order chi connectivity index (χ1) is 8.66. The molecule has 2 fully saturated rings. The number of piperidine rings is 1. The Morgan fingerprint density at radius 1 is 1.50 bits per heavy atom. The summed E-state index contributed by atoms with van der Waals surface area (Å²) < 4.78 is 0. The third-order valence-electron chi connectivity index (χ3n) is 4.06. The van der Waals surface area contributed by atoms with Gasteiger partial charge in [0.15, 0.2) is 0 Å². The second kappa shape index (κ2) is 6.50. The zero-order valence-electron chi connectivity index (χ0n) is 11.2. The number of hydrogen-bond donors (Lipinski definition) is 3. The second-order valence-electron chi connectivity index (χ2n) is 5.52. The summed E-state index contributed by atoms with van der Waals surface area (Å²) in [5, 5.41) is 15.3. The average molecular weight is 255 g/mol. The molecule has 5 heteroatoms. The van der Waals surface area contributed by atoms with E-state index in [0.29, 0.717) is 25.6 Å². The van der Waals surface area contributed by atoms with Gasteiger partial charge in [0.1, 0.15) is 0 Å². The quantitative estimate of drug-likeness (QED) is 0.645. The van der Waals surface area contributed by atoms with E-state index in [0.717, 1.165) is 13.1 Å². The average Bonchev–Trinajstić information content (AvgIpc) is 2.78. The van der Waals surface area contributed by atoms with Crippen LogP contribution in [0.5, 0.6) is 0 Å². The van der Waals surface area contributed by atoms with Crippen molar-refractivity contribution < 1.29 is 9.90 Å². The van der Waals surface area contributed by atoms with Crippen molar-refractivity contribution in [3.05, 3.63) is 0 Å². The highest BCUT2D eigenvalue weighted by molar-refractivity contribution is 5.82. The Labute approximate surface area is 109 Å². The fourth-order valence-corrected chi connectivity index (χ4v) is 2.85. The number of aliphatic hydroxyl groups is 1. The van der Waals surface area contributed by atoms with Crippen LogP contribution >= 0.6 is 0 Å². The summed E-state index contributed by atoms with van der Waals surface area (Å²) in [5.74, 6) is 0.0243. The summed E-state index contributed by atoms with van der Waals surface area (Å²) in [7, 11) is 0. The van der Waals surface area contributed by atoms with E-state index in [1.807, 2.05) is 0 Å². The van der Waals surface area contributed by atoms with Gasteiger partial charge in [0.25, 0.3) is 0 Å². The Bertz CT molecular complexity index is 285. The van der Waals surface area contributed by atoms with Crippen LogP contribution in [0.25, 0.3) is 0 Å². The minimum Gasteiger partial charge on any atom is -0.392 e. The molecular formula is C13H25N3O2. The molecule has 2 aliphatic rings. The number of rotatable bonds is 4. The number of β-amino-alcohol motifs (C(OH)–C–C–N with tert-alkyl or cyclic N) is 1. The van der Waals surface area contributed by atoms with Crippen LogP contribution in [0.3, 0.4) is 0 Å². The van der Waals surface area contributed by atoms with E-state index in [1.54, 1.807) is 0 Å². The molecule has 2 heterocycles. The molecule has 0 aliphatic carbocycles. The minimum absolute atomic E-state index is 0.0243. The molecule has 0 aromatic rings. The van der Waals surface area contributed by atoms with Crippen LogP contribution in [0, 0.1) is 0 Å². The van der Waals surface area contributed by atoms with E-state index < -0.39 is 0 Å². The van der Waals surface area contributed by atoms with Crippen molar-refractivity contribution in [3.63, 3.8) is 0 Å². The third-order valence-corrected chi connectivity index (χ3v) is 4.06. The van der Waals surface area contributed by atoms with E-state index in [1.165, 1.54) is 19.3 Å². The molecule has 0 aromatic heterocycles. The van der Waals surface area contributed by atoms with Crippen molar-refractivity contribution in [2.75, 3.05) is 26.2 Å². The highest BCUT2D eigenvalue weighted by Crippen LogP contribution is 2.15. The monoisotopic (exact) mass is 255 g/mol. The Balaban J connectivity index is 1.64. The molecular weight excluding hydrogens is 230 g/mol. The van der Waals surface area contributed by atoms with Crippen molar-refractivity contribution in [2.45, 2.75) is 50.8 Å². The normalized spacial score (nSPS) is 33.6. The largest absolute Gasteiger partial charge is 0.392 e. The lowest BCUT2D eigenvalue weighted by Gasteiger charge is -2.33. The van der Waals surface area contributed by atoms with Gasteiger partial charge in [0.05, 0.1) is 12.1 Å². The molecule has 1 amide bonds. The van der Waals surface area contributed by atoms with Gasteiger partial charge in [0, 0.05) is 25.7 Å². The fourth-order valence-electron chi connectivity index (χ4n) is 2.85. The predicted octanol–water partition coefficient (Wildman–Crippen LogP) is -0.300. The first kappa shape index (κ1) is 13.8. The zero-order chi connectivity index (χ0) is 13.0. The molecule has 2 aliphatic heterocycles.